The molecule has 11 heteroatoms. The number of hydrogen-bond donors (Lipinski definition) is 5. The molecule has 1 rings (SSSR count). The normalized spacial score (nSPS) is 18.8. The third kappa shape index (κ3) is 8.59. The van der Waals surface area contributed by atoms with Gasteiger partial charge in [0.2, 0.25) is 17.7 Å². The number of aliphatic carboxylic acids is 1. The summed E-state index contributed by atoms with van der Waals surface area (Å²) < 4.78 is 0. The summed E-state index contributed by atoms with van der Waals surface area (Å²) in [4.78, 5) is 51.5. The molecule has 1 fully saturated rings. The Morgan fingerprint density at radius 1 is 1.12 bits per heavy atom. The molecular formula is C21H39N5O5S. The molecule has 0 bridgehead atoms. The number of amides is 3. The molecule has 10 nitrogen and oxygen atoms in total. The fourth-order valence-electron chi connectivity index (χ4n) is 3.65. The van der Waals surface area contributed by atoms with E-state index in [2.05, 4.69) is 10.6 Å². The average molecular weight is 474 g/mol. The van der Waals surface area contributed by atoms with Crippen LogP contribution in [-0.4, -0.2) is 83.0 Å². The van der Waals surface area contributed by atoms with E-state index in [9.17, 15) is 24.3 Å². The first-order chi connectivity index (χ1) is 15.1. The van der Waals surface area contributed by atoms with Gasteiger partial charge in [0.25, 0.3) is 0 Å². The van der Waals surface area contributed by atoms with Crippen LogP contribution in [-0.2, 0) is 19.2 Å². The van der Waals surface area contributed by atoms with Gasteiger partial charge in [0.15, 0.2) is 0 Å². The van der Waals surface area contributed by atoms with Crippen molar-refractivity contribution < 1.29 is 24.3 Å². The Morgan fingerprint density at radius 3 is 2.38 bits per heavy atom. The van der Waals surface area contributed by atoms with E-state index in [1.165, 1.54) is 4.90 Å². The lowest BCUT2D eigenvalue weighted by Gasteiger charge is -2.30. The van der Waals surface area contributed by atoms with Gasteiger partial charge in [-0.25, -0.2) is 4.79 Å². The van der Waals surface area contributed by atoms with Crippen molar-refractivity contribution in [1.82, 2.24) is 15.5 Å². The first kappa shape index (κ1) is 28.2. The van der Waals surface area contributed by atoms with Gasteiger partial charge in [-0.1, -0.05) is 13.8 Å². The zero-order chi connectivity index (χ0) is 24.3. The molecule has 0 aromatic heterocycles. The molecule has 0 aromatic carbocycles. The Balaban J connectivity index is 2.91. The fraction of sp³-hybridized carbons (Fsp3) is 0.810. The van der Waals surface area contributed by atoms with Crippen molar-refractivity contribution in [2.24, 2.45) is 17.4 Å². The number of likely N-dealkylation sites (tertiary alicyclic amines) is 1. The summed E-state index contributed by atoms with van der Waals surface area (Å²) in [7, 11) is 0. The van der Waals surface area contributed by atoms with E-state index in [-0.39, 0.29) is 5.92 Å². The molecule has 0 spiro atoms. The number of rotatable bonds is 14. The molecule has 1 aliphatic rings. The highest BCUT2D eigenvalue weighted by molar-refractivity contribution is 7.98. The summed E-state index contributed by atoms with van der Waals surface area (Å²) in [6, 6.07) is -3.34. The second kappa shape index (κ2) is 14.3. The lowest BCUT2D eigenvalue weighted by atomic mass is 10.0. The molecular weight excluding hydrogens is 434 g/mol. The molecule has 0 radical (unpaired) electrons. The lowest BCUT2D eigenvalue weighted by molar-refractivity contribution is -0.150. The van der Waals surface area contributed by atoms with Gasteiger partial charge in [-0.3, -0.25) is 14.4 Å². The summed E-state index contributed by atoms with van der Waals surface area (Å²) in [5, 5.41) is 14.9. The Kier molecular flexibility index (Phi) is 12.6. The van der Waals surface area contributed by atoms with Crippen LogP contribution in [0.15, 0.2) is 0 Å². The molecule has 184 valence electrons. The third-order valence-corrected chi connectivity index (χ3v) is 6.25. The maximum atomic E-state index is 13.1. The largest absolute Gasteiger partial charge is 0.480 e. The number of carbonyl (C=O) groups is 4. The number of carboxylic acid groups (broad SMARTS) is 1. The average Bonchev–Trinajstić information content (AvgIpc) is 3.24. The smallest absolute Gasteiger partial charge is 0.326 e. The zero-order valence-electron chi connectivity index (χ0n) is 19.3. The Bertz CT molecular complexity index is 648. The van der Waals surface area contributed by atoms with Crippen LogP contribution >= 0.6 is 11.8 Å². The number of unbranched alkanes of at least 4 members (excludes halogenated alkanes) is 1. The minimum Gasteiger partial charge on any atom is -0.480 e. The Morgan fingerprint density at radius 2 is 1.81 bits per heavy atom. The summed E-state index contributed by atoms with van der Waals surface area (Å²) >= 11 is 1.58. The highest BCUT2D eigenvalue weighted by Gasteiger charge is 2.39. The van der Waals surface area contributed by atoms with Crippen LogP contribution in [0.5, 0.6) is 0 Å². The number of carboxylic acids is 1. The van der Waals surface area contributed by atoms with Gasteiger partial charge < -0.3 is 32.1 Å². The predicted octanol–water partition coefficient (Wildman–Crippen LogP) is -0.103. The molecule has 1 heterocycles. The van der Waals surface area contributed by atoms with Crippen molar-refractivity contribution in [3.05, 3.63) is 0 Å². The van der Waals surface area contributed by atoms with Gasteiger partial charge in [-0.2, -0.15) is 11.8 Å². The quantitative estimate of drug-likeness (QED) is 0.218. The molecule has 1 saturated heterocycles. The number of nitrogens with one attached hydrogen (secondary N) is 2. The summed E-state index contributed by atoms with van der Waals surface area (Å²) in [5.74, 6) is -1.89. The molecule has 1 aliphatic heterocycles. The molecule has 0 aliphatic carbocycles. The van der Waals surface area contributed by atoms with E-state index in [4.69, 9.17) is 11.5 Å². The molecule has 0 saturated carbocycles. The van der Waals surface area contributed by atoms with Gasteiger partial charge in [0.05, 0.1) is 6.04 Å². The number of nitrogens with two attached hydrogens (primary N) is 2. The van der Waals surface area contributed by atoms with E-state index in [1.807, 2.05) is 6.26 Å². The maximum absolute atomic E-state index is 13.1. The van der Waals surface area contributed by atoms with Gasteiger partial charge in [-0.15, -0.1) is 0 Å². The molecule has 4 unspecified atom stereocenters. The van der Waals surface area contributed by atoms with Crippen LogP contribution in [0.1, 0.15) is 52.4 Å². The van der Waals surface area contributed by atoms with Gasteiger partial charge in [-0.05, 0) is 63.0 Å². The van der Waals surface area contributed by atoms with Crippen molar-refractivity contribution in [2.75, 3.05) is 25.1 Å². The van der Waals surface area contributed by atoms with Crippen LogP contribution in [0.4, 0.5) is 0 Å². The first-order valence-corrected chi connectivity index (χ1v) is 12.6. The van der Waals surface area contributed by atoms with E-state index >= 15 is 0 Å². The Hall–Kier alpha value is -1.85. The molecule has 3 amide bonds. The van der Waals surface area contributed by atoms with Crippen molar-refractivity contribution in [2.45, 2.75) is 76.5 Å². The predicted molar refractivity (Wildman–Crippen MR) is 125 cm³/mol. The van der Waals surface area contributed by atoms with Gasteiger partial charge in [0.1, 0.15) is 18.1 Å². The minimum absolute atomic E-state index is 0.259. The SMILES string of the molecule is CSCCC(N)C(=O)NC(CCCCN)C(=O)NC(C(=O)N1CCCC1C(=O)O)C(C)C. The highest BCUT2D eigenvalue weighted by atomic mass is 32.2. The molecule has 7 N–H and O–H groups in total. The van der Waals surface area contributed by atoms with Crippen molar-refractivity contribution in [1.29, 1.82) is 0 Å². The van der Waals surface area contributed by atoms with Crippen molar-refractivity contribution >= 4 is 35.5 Å². The van der Waals surface area contributed by atoms with Crippen LogP contribution in [0, 0.1) is 5.92 Å². The highest BCUT2D eigenvalue weighted by Crippen LogP contribution is 2.20. The van der Waals surface area contributed by atoms with Crippen LogP contribution in [0.3, 0.4) is 0 Å². The monoisotopic (exact) mass is 473 g/mol. The Labute approximate surface area is 194 Å². The summed E-state index contributed by atoms with van der Waals surface area (Å²) in [5.41, 5.74) is 11.5. The van der Waals surface area contributed by atoms with Crippen LogP contribution < -0.4 is 22.1 Å². The van der Waals surface area contributed by atoms with E-state index < -0.39 is 47.9 Å². The lowest BCUT2D eigenvalue weighted by Crippen LogP contribution is -2.58. The molecule has 32 heavy (non-hydrogen) atoms. The number of carbonyl (C=O) groups excluding carboxylic acids is 3. The summed E-state index contributed by atoms with van der Waals surface area (Å²) in [6.45, 7) is 4.38. The van der Waals surface area contributed by atoms with E-state index in [0.717, 1.165) is 5.75 Å². The molecule has 4 atom stereocenters. The zero-order valence-corrected chi connectivity index (χ0v) is 20.2. The standard InChI is InChI=1S/C21H39N5O5S/c1-13(2)17(20(29)26-11-6-8-16(26)21(30)31)25-19(28)15(7-4-5-10-22)24-18(27)14(23)9-12-32-3/h13-17H,4-12,22-23H2,1-3H3,(H,24,27)(H,25,28)(H,30,31). The number of nitrogens with zero attached hydrogens (tertiary/aromatic N) is 1. The summed E-state index contributed by atoms with van der Waals surface area (Å²) in [6.07, 6.45) is 5.10. The fourth-order valence-corrected chi connectivity index (χ4v) is 4.14. The first-order valence-electron chi connectivity index (χ1n) is 11.2. The number of hydrogen-bond acceptors (Lipinski definition) is 7. The van der Waals surface area contributed by atoms with Crippen molar-refractivity contribution in [3.8, 4) is 0 Å². The second-order valence-corrected chi connectivity index (χ2v) is 9.48. The van der Waals surface area contributed by atoms with E-state index in [0.29, 0.717) is 51.6 Å². The van der Waals surface area contributed by atoms with Crippen molar-refractivity contribution in [3.63, 3.8) is 0 Å². The third-order valence-electron chi connectivity index (χ3n) is 5.60. The van der Waals surface area contributed by atoms with E-state index in [1.54, 1.807) is 25.6 Å². The topological polar surface area (TPSA) is 168 Å². The van der Waals surface area contributed by atoms with Crippen LogP contribution in [0.2, 0.25) is 0 Å². The maximum Gasteiger partial charge on any atom is 0.326 e. The number of thioether (sulfide) groups is 1. The minimum atomic E-state index is -1.05. The molecule has 0 aromatic rings. The van der Waals surface area contributed by atoms with Crippen LogP contribution in [0.25, 0.3) is 0 Å². The van der Waals surface area contributed by atoms with Gasteiger partial charge >= 0.3 is 5.97 Å². The second-order valence-electron chi connectivity index (χ2n) is 8.49. The van der Waals surface area contributed by atoms with Gasteiger partial charge in [0, 0.05) is 6.54 Å².